The summed E-state index contributed by atoms with van der Waals surface area (Å²) in [4.78, 5) is 2.49. The first-order valence-electron chi connectivity index (χ1n) is 8.06. The van der Waals surface area contributed by atoms with Gasteiger partial charge in [0, 0.05) is 24.7 Å². The van der Waals surface area contributed by atoms with Crippen LogP contribution in [0.1, 0.15) is 39.7 Å². The summed E-state index contributed by atoms with van der Waals surface area (Å²) in [6.45, 7) is 10.0. The van der Waals surface area contributed by atoms with Crippen molar-refractivity contribution in [1.82, 2.24) is 10.2 Å². The first kappa shape index (κ1) is 18.0. The molecule has 3 nitrogen and oxygen atoms in total. The molecule has 0 aromatic heterocycles. The maximum absolute atomic E-state index is 5.46. The van der Waals surface area contributed by atoms with Gasteiger partial charge in [0.15, 0.2) is 0 Å². The van der Waals surface area contributed by atoms with Gasteiger partial charge >= 0.3 is 0 Å². The van der Waals surface area contributed by atoms with Gasteiger partial charge in [-0.1, -0.05) is 39.0 Å². The third kappa shape index (κ3) is 5.68. The molecule has 0 aliphatic rings. The van der Waals surface area contributed by atoms with E-state index in [-0.39, 0.29) is 0 Å². The van der Waals surface area contributed by atoms with E-state index in [0.717, 1.165) is 25.1 Å². The minimum absolute atomic E-state index is 0.486. The third-order valence-electron chi connectivity index (χ3n) is 4.21. The van der Waals surface area contributed by atoms with E-state index in [0.29, 0.717) is 18.1 Å². The van der Waals surface area contributed by atoms with Crippen LogP contribution in [-0.4, -0.2) is 43.7 Å². The van der Waals surface area contributed by atoms with Gasteiger partial charge in [-0.25, -0.2) is 0 Å². The molecule has 0 bridgehead atoms. The standard InChI is InChI=1S/C18H32N2O/c1-7-17(13-19-14(2)3)20(5)15(4)12-16-10-8-9-11-18(16)21-6/h8-11,14-15,17,19H,7,12-13H2,1-6H3. The van der Waals surface area contributed by atoms with Crippen molar-refractivity contribution in [3.05, 3.63) is 29.8 Å². The number of ether oxygens (including phenoxy) is 1. The van der Waals surface area contributed by atoms with Crippen LogP contribution in [-0.2, 0) is 6.42 Å². The number of hydrogen-bond donors (Lipinski definition) is 1. The van der Waals surface area contributed by atoms with Crippen LogP contribution in [0.2, 0.25) is 0 Å². The molecule has 0 aliphatic heterocycles. The summed E-state index contributed by atoms with van der Waals surface area (Å²) >= 11 is 0. The summed E-state index contributed by atoms with van der Waals surface area (Å²) in [5.74, 6) is 0.992. The lowest BCUT2D eigenvalue weighted by molar-refractivity contribution is 0.171. The molecule has 1 rings (SSSR count). The zero-order valence-electron chi connectivity index (χ0n) is 14.5. The second kappa shape index (κ2) is 9.06. The maximum Gasteiger partial charge on any atom is 0.122 e. The van der Waals surface area contributed by atoms with Gasteiger partial charge in [-0.3, -0.25) is 4.90 Å². The number of likely N-dealkylation sites (N-methyl/N-ethyl adjacent to an activating group) is 1. The third-order valence-corrected chi connectivity index (χ3v) is 4.21. The highest BCUT2D eigenvalue weighted by atomic mass is 16.5. The van der Waals surface area contributed by atoms with Gasteiger partial charge in [0.25, 0.3) is 0 Å². The lowest BCUT2D eigenvalue weighted by atomic mass is 10.0. The Kier molecular flexibility index (Phi) is 7.76. The van der Waals surface area contributed by atoms with Gasteiger partial charge in [-0.05, 0) is 38.4 Å². The van der Waals surface area contributed by atoms with Crippen LogP contribution in [0.25, 0.3) is 0 Å². The van der Waals surface area contributed by atoms with Crippen molar-refractivity contribution < 1.29 is 4.74 Å². The van der Waals surface area contributed by atoms with Gasteiger partial charge in [-0.15, -0.1) is 0 Å². The molecule has 2 atom stereocenters. The highest BCUT2D eigenvalue weighted by molar-refractivity contribution is 5.33. The topological polar surface area (TPSA) is 24.5 Å². The van der Waals surface area contributed by atoms with E-state index in [1.807, 2.05) is 12.1 Å². The minimum Gasteiger partial charge on any atom is -0.496 e. The van der Waals surface area contributed by atoms with Crippen molar-refractivity contribution >= 4 is 0 Å². The van der Waals surface area contributed by atoms with E-state index >= 15 is 0 Å². The summed E-state index contributed by atoms with van der Waals surface area (Å²) in [6.07, 6.45) is 2.17. The molecule has 21 heavy (non-hydrogen) atoms. The molecule has 0 saturated heterocycles. The molecule has 0 aliphatic carbocycles. The number of benzene rings is 1. The van der Waals surface area contributed by atoms with Crippen LogP contribution < -0.4 is 10.1 Å². The number of methoxy groups -OCH3 is 1. The Hall–Kier alpha value is -1.06. The normalized spacial score (nSPS) is 14.5. The van der Waals surface area contributed by atoms with Gasteiger partial charge in [0.1, 0.15) is 5.75 Å². The number of nitrogens with zero attached hydrogens (tertiary/aromatic N) is 1. The molecule has 0 heterocycles. The summed E-state index contributed by atoms with van der Waals surface area (Å²) in [7, 11) is 3.98. The minimum atomic E-state index is 0.486. The number of para-hydroxylation sites is 1. The van der Waals surface area contributed by atoms with E-state index in [1.54, 1.807) is 7.11 Å². The van der Waals surface area contributed by atoms with Crippen molar-refractivity contribution in [2.24, 2.45) is 0 Å². The average molecular weight is 292 g/mol. The molecule has 120 valence electrons. The van der Waals surface area contributed by atoms with Gasteiger partial charge < -0.3 is 10.1 Å². The average Bonchev–Trinajstić information content (AvgIpc) is 2.47. The lowest BCUT2D eigenvalue weighted by Crippen LogP contribution is -2.46. The van der Waals surface area contributed by atoms with Crippen LogP contribution in [0.4, 0.5) is 0 Å². The second-order valence-corrected chi connectivity index (χ2v) is 6.16. The number of nitrogens with one attached hydrogen (secondary N) is 1. The van der Waals surface area contributed by atoms with Crippen molar-refractivity contribution in [1.29, 1.82) is 0 Å². The number of hydrogen-bond acceptors (Lipinski definition) is 3. The van der Waals surface area contributed by atoms with Crippen LogP contribution in [0.3, 0.4) is 0 Å². The Morgan fingerprint density at radius 1 is 1.19 bits per heavy atom. The van der Waals surface area contributed by atoms with Crippen LogP contribution in [0, 0.1) is 0 Å². The molecule has 1 N–H and O–H groups in total. The maximum atomic E-state index is 5.46. The summed E-state index contributed by atoms with van der Waals surface area (Å²) in [5.41, 5.74) is 1.28. The fourth-order valence-corrected chi connectivity index (χ4v) is 2.64. The highest BCUT2D eigenvalue weighted by Crippen LogP contribution is 2.21. The number of rotatable bonds is 9. The van der Waals surface area contributed by atoms with Crippen molar-refractivity contribution in [3.8, 4) is 5.75 Å². The molecule has 0 radical (unpaired) electrons. The molecule has 2 unspecified atom stereocenters. The summed E-state index contributed by atoms with van der Waals surface area (Å²) < 4.78 is 5.46. The zero-order valence-corrected chi connectivity index (χ0v) is 14.5. The zero-order chi connectivity index (χ0) is 15.8. The van der Waals surface area contributed by atoms with Gasteiger partial charge in [-0.2, -0.15) is 0 Å². The molecule has 1 aromatic rings. The molecule has 0 spiro atoms. The van der Waals surface area contributed by atoms with E-state index in [4.69, 9.17) is 4.74 Å². The van der Waals surface area contributed by atoms with Gasteiger partial charge in [0.05, 0.1) is 7.11 Å². The fraction of sp³-hybridized carbons (Fsp3) is 0.667. The molecule has 0 fully saturated rings. The quantitative estimate of drug-likeness (QED) is 0.755. The first-order valence-corrected chi connectivity index (χ1v) is 8.06. The van der Waals surface area contributed by atoms with Crippen molar-refractivity contribution in [3.63, 3.8) is 0 Å². The highest BCUT2D eigenvalue weighted by Gasteiger charge is 2.19. The Balaban J connectivity index is 2.65. The molecule has 3 heteroatoms. The Bertz CT molecular complexity index is 406. The lowest BCUT2D eigenvalue weighted by Gasteiger charge is -2.33. The Morgan fingerprint density at radius 2 is 1.86 bits per heavy atom. The van der Waals surface area contributed by atoms with E-state index in [1.165, 1.54) is 5.56 Å². The SMILES string of the molecule is CCC(CNC(C)C)N(C)C(C)Cc1ccccc1OC. The molecular weight excluding hydrogens is 260 g/mol. The van der Waals surface area contributed by atoms with Gasteiger partial charge in [0.2, 0.25) is 0 Å². The monoisotopic (exact) mass is 292 g/mol. The predicted octanol–water partition coefficient (Wildman–Crippen LogP) is 3.33. The summed E-state index contributed by atoms with van der Waals surface area (Å²) in [5, 5.41) is 3.55. The van der Waals surface area contributed by atoms with Crippen molar-refractivity contribution in [2.75, 3.05) is 20.7 Å². The molecule has 0 saturated carbocycles. The van der Waals surface area contributed by atoms with Crippen molar-refractivity contribution in [2.45, 2.75) is 58.7 Å². The largest absolute Gasteiger partial charge is 0.496 e. The van der Waals surface area contributed by atoms with E-state index < -0.39 is 0 Å². The first-order chi connectivity index (χ1) is 9.99. The van der Waals surface area contributed by atoms with E-state index in [2.05, 4.69) is 57.1 Å². The smallest absolute Gasteiger partial charge is 0.122 e. The molecule has 0 amide bonds. The Labute approximate surface area is 130 Å². The fourth-order valence-electron chi connectivity index (χ4n) is 2.64. The molecule has 1 aromatic carbocycles. The Morgan fingerprint density at radius 3 is 2.43 bits per heavy atom. The van der Waals surface area contributed by atoms with E-state index in [9.17, 15) is 0 Å². The van der Waals surface area contributed by atoms with Crippen LogP contribution in [0.15, 0.2) is 24.3 Å². The predicted molar refractivity (Wildman–Crippen MR) is 91.1 cm³/mol. The molecular formula is C18H32N2O. The summed E-state index contributed by atoms with van der Waals surface area (Å²) in [6, 6.07) is 9.91. The van der Waals surface area contributed by atoms with Crippen LogP contribution >= 0.6 is 0 Å². The second-order valence-electron chi connectivity index (χ2n) is 6.16. The van der Waals surface area contributed by atoms with Crippen LogP contribution in [0.5, 0.6) is 5.75 Å².